The lowest BCUT2D eigenvalue weighted by atomic mass is 10.1. The minimum absolute atomic E-state index is 0.0439. The highest BCUT2D eigenvalue weighted by Gasteiger charge is 2.25. The lowest BCUT2D eigenvalue weighted by Crippen LogP contribution is -2.48. The Balaban J connectivity index is 1.53. The molecule has 6 heteroatoms. The minimum atomic E-state index is 0.0439. The number of nitrogens with zero attached hydrogens (tertiary/aromatic N) is 2. The van der Waals surface area contributed by atoms with Crippen LogP contribution in [-0.4, -0.2) is 56.2 Å². The van der Waals surface area contributed by atoms with Crippen LogP contribution in [0.2, 0.25) is 0 Å². The summed E-state index contributed by atoms with van der Waals surface area (Å²) in [5.74, 6) is 1.30. The van der Waals surface area contributed by atoms with Crippen molar-refractivity contribution in [2.45, 2.75) is 6.92 Å². The lowest BCUT2D eigenvalue weighted by molar-refractivity contribution is 0.0749. The van der Waals surface area contributed by atoms with Gasteiger partial charge in [0.15, 0.2) is 11.5 Å². The number of ether oxygens (including phenoxy) is 2. The van der Waals surface area contributed by atoms with Gasteiger partial charge >= 0.3 is 0 Å². The van der Waals surface area contributed by atoms with Gasteiger partial charge in [0.1, 0.15) is 0 Å². The van der Waals surface area contributed by atoms with Gasteiger partial charge in [0, 0.05) is 49.5 Å². The number of piperazine rings is 1. The second-order valence-electron chi connectivity index (χ2n) is 7.07. The Morgan fingerprint density at radius 3 is 2.39 bits per heavy atom. The molecule has 0 unspecified atom stereocenters. The molecule has 0 spiro atoms. The molecule has 1 saturated heterocycles. The third-order valence-corrected chi connectivity index (χ3v) is 5.35. The summed E-state index contributed by atoms with van der Waals surface area (Å²) in [5.41, 5.74) is 3.99. The average molecular weight is 379 g/mol. The van der Waals surface area contributed by atoms with Gasteiger partial charge in [-0.2, -0.15) is 0 Å². The van der Waals surface area contributed by atoms with Crippen molar-refractivity contribution in [3.8, 4) is 11.5 Å². The van der Waals surface area contributed by atoms with E-state index < -0.39 is 0 Å². The van der Waals surface area contributed by atoms with Crippen molar-refractivity contribution >= 4 is 22.5 Å². The van der Waals surface area contributed by atoms with Crippen LogP contribution in [0.25, 0.3) is 10.9 Å². The number of fused-ring (bicyclic) bond motifs is 1. The zero-order valence-electron chi connectivity index (χ0n) is 16.5. The van der Waals surface area contributed by atoms with Gasteiger partial charge in [-0.1, -0.05) is 12.1 Å². The number of aromatic nitrogens is 1. The number of benzene rings is 2. The molecule has 1 aliphatic rings. The van der Waals surface area contributed by atoms with Gasteiger partial charge in [0.25, 0.3) is 5.91 Å². The molecule has 0 aliphatic carbocycles. The van der Waals surface area contributed by atoms with Crippen molar-refractivity contribution in [2.24, 2.45) is 0 Å². The largest absolute Gasteiger partial charge is 0.493 e. The number of anilines is 1. The zero-order chi connectivity index (χ0) is 19.7. The van der Waals surface area contributed by atoms with Crippen molar-refractivity contribution in [1.29, 1.82) is 0 Å². The summed E-state index contributed by atoms with van der Waals surface area (Å²) in [6, 6.07) is 12.2. The highest BCUT2D eigenvalue weighted by Crippen LogP contribution is 2.33. The Morgan fingerprint density at radius 1 is 1.00 bits per heavy atom. The molecule has 1 N–H and O–H groups in total. The number of H-pyrrole nitrogens is 1. The molecule has 2 aromatic carbocycles. The SMILES string of the molecule is COc1cc2[nH]cc(C(=O)N3CCN(c4cccc(C)c4)CC3)c2cc1OC. The third-order valence-electron chi connectivity index (χ3n) is 5.35. The van der Waals surface area contributed by atoms with Crippen LogP contribution in [0.1, 0.15) is 15.9 Å². The first-order valence-electron chi connectivity index (χ1n) is 9.44. The third kappa shape index (κ3) is 3.26. The quantitative estimate of drug-likeness (QED) is 0.754. The van der Waals surface area contributed by atoms with E-state index in [0.717, 1.165) is 24.0 Å². The molecule has 1 amide bonds. The van der Waals surface area contributed by atoms with Crippen molar-refractivity contribution in [3.63, 3.8) is 0 Å². The van der Waals surface area contributed by atoms with Gasteiger partial charge in [-0.25, -0.2) is 0 Å². The van der Waals surface area contributed by atoms with Crippen molar-refractivity contribution < 1.29 is 14.3 Å². The fourth-order valence-electron chi connectivity index (χ4n) is 3.79. The van der Waals surface area contributed by atoms with E-state index in [0.29, 0.717) is 30.2 Å². The number of aryl methyl sites for hydroxylation is 1. The smallest absolute Gasteiger partial charge is 0.256 e. The number of rotatable bonds is 4. The van der Waals surface area contributed by atoms with Gasteiger partial charge in [0.05, 0.1) is 25.3 Å². The average Bonchev–Trinajstić information content (AvgIpc) is 3.15. The molecule has 1 aliphatic heterocycles. The summed E-state index contributed by atoms with van der Waals surface area (Å²) in [5, 5.41) is 0.851. The Bertz CT molecular complexity index is 1000. The van der Waals surface area contributed by atoms with Gasteiger partial charge in [-0.3, -0.25) is 4.79 Å². The number of methoxy groups -OCH3 is 2. The fourth-order valence-corrected chi connectivity index (χ4v) is 3.79. The predicted octanol–water partition coefficient (Wildman–Crippen LogP) is 3.46. The van der Waals surface area contributed by atoms with Gasteiger partial charge < -0.3 is 24.3 Å². The molecule has 0 bridgehead atoms. The zero-order valence-corrected chi connectivity index (χ0v) is 16.5. The highest BCUT2D eigenvalue weighted by atomic mass is 16.5. The number of hydrogen-bond donors (Lipinski definition) is 1. The first-order chi connectivity index (χ1) is 13.6. The van der Waals surface area contributed by atoms with Crippen LogP contribution < -0.4 is 14.4 Å². The van der Waals surface area contributed by atoms with E-state index in [1.165, 1.54) is 11.3 Å². The van der Waals surface area contributed by atoms with E-state index in [1.807, 2.05) is 17.0 Å². The number of carbonyl (C=O) groups is 1. The lowest BCUT2D eigenvalue weighted by Gasteiger charge is -2.36. The van der Waals surface area contributed by atoms with Crippen LogP contribution in [0.3, 0.4) is 0 Å². The fraction of sp³-hybridized carbons (Fsp3) is 0.318. The molecular formula is C22H25N3O3. The molecule has 1 fully saturated rings. The molecule has 2 heterocycles. The molecule has 146 valence electrons. The van der Waals surface area contributed by atoms with Crippen LogP contribution >= 0.6 is 0 Å². The van der Waals surface area contributed by atoms with Gasteiger partial charge in [-0.15, -0.1) is 0 Å². The van der Waals surface area contributed by atoms with Crippen LogP contribution in [-0.2, 0) is 0 Å². The van der Waals surface area contributed by atoms with Crippen LogP contribution in [0, 0.1) is 6.92 Å². The predicted molar refractivity (Wildman–Crippen MR) is 111 cm³/mol. The highest BCUT2D eigenvalue weighted by molar-refractivity contribution is 6.07. The molecule has 6 nitrogen and oxygen atoms in total. The standard InChI is InChI=1S/C22H25N3O3/c1-15-5-4-6-16(11-15)24-7-9-25(10-8-24)22(26)18-14-23-19-13-21(28-3)20(27-2)12-17(18)19/h4-6,11-14,23H,7-10H2,1-3H3. The second-order valence-corrected chi connectivity index (χ2v) is 7.07. The molecule has 4 rings (SSSR count). The first kappa shape index (κ1) is 18.2. The summed E-state index contributed by atoms with van der Waals surface area (Å²) in [7, 11) is 3.20. The van der Waals surface area contributed by atoms with Crippen LogP contribution in [0.15, 0.2) is 42.6 Å². The molecule has 0 radical (unpaired) electrons. The monoisotopic (exact) mass is 379 g/mol. The van der Waals surface area contributed by atoms with E-state index >= 15 is 0 Å². The normalized spacial score (nSPS) is 14.4. The van der Waals surface area contributed by atoms with Gasteiger partial charge in [0.2, 0.25) is 0 Å². The van der Waals surface area contributed by atoms with Crippen LogP contribution in [0.4, 0.5) is 5.69 Å². The Kier molecular flexibility index (Phi) is 4.86. The van der Waals surface area contributed by atoms with Crippen molar-refractivity contribution in [3.05, 3.63) is 53.7 Å². The second kappa shape index (κ2) is 7.46. The van der Waals surface area contributed by atoms with Gasteiger partial charge in [-0.05, 0) is 30.7 Å². The van der Waals surface area contributed by atoms with E-state index in [4.69, 9.17) is 9.47 Å². The number of hydrogen-bond acceptors (Lipinski definition) is 4. The molecule has 0 saturated carbocycles. The molecule has 28 heavy (non-hydrogen) atoms. The summed E-state index contributed by atoms with van der Waals surface area (Å²) in [4.78, 5) is 20.6. The number of carbonyl (C=O) groups excluding carboxylic acids is 1. The Hall–Kier alpha value is -3.15. The Labute approximate surface area is 164 Å². The minimum Gasteiger partial charge on any atom is -0.493 e. The van der Waals surface area contributed by atoms with Crippen molar-refractivity contribution in [1.82, 2.24) is 9.88 Å². The summed E-state index contributed by atoms with van der Waals surface area (Å²) < 4.78 is 10.7. The topological polar surface area (TPSA) is 57.8 Å². The van der Waals surface area contributed by atoms with E-state index in [9.17, 15) is 4.79 Å². The van der Waals surface area contributed by atoms with E-state index in [-0.39, 0.29) is 5.91 Å². The molecule has 3 aromatic rings. The maximum atomic E-state index is 13.1. The number of aromatic amines is 1. The van der Waals surface area contributed by atoms with Crippen molar-refractivity contribution in [2.75, 3.05) is 45.3 Å². The van der Waals surface area contributed by atoms with Crippen LogP contribution in [0.5, 0.6) is 11.5 Å². The maximum Gasteiger partial charge on any atom is 0.256 e. The molecule has 0 atom stereocenters. The number of amides is 1. The summed E-state index contributed by atoms with van der Waals surface area (Å²) in [6.07, 6.45) is 1.78. The van der Waals surface area contributed by atoms with E-state index in [1.54, 1.807) is 20.4 Å². The molecule has 1 aromatic heterocycles. The first-order valence-corrected chi connectivity index (χ1v) is 9.44. The molecular weight excluding hydrogens is 354 g/mol. The van der Waals surface area contributed by atoms with E-state index in [2.05, 4.69) is 41.1 Å². The number of nitrogens with one attached hydrogen (secondary N) is 1. The Morgan fingerprint density at radius 2 is 1.71 bits per heavy atom. The maximum absolute atomic E-state index is 13.1. The summed E-state index contributed by atoms with van der Waals surface area (Å²) >= 11 is 0. The summed E-state index contributed by atoms with van der Waals surface area (Å²) in [6.45, 7) is 5.16.